The van der Waals surface area contributed by atoms with Crippen molar-refractivity contribution in [3.8, 4) is 10.4 Å². The molecular formula is C24H22N2O8S2. The van der Waals surface area contributed by atoms with Crippen molar-refractivity contribution in [3.05, 3.63) is 71.8 Å². The van der Waals surface area contributed by atoms with Crippen molar-refractivity contribution in [2.45, 2.75) is 18.7 Å². The van der Waals surface area contributed by atoms with Gasteiger partial charge >= 0.3 is 11.9 Å². The molecule has 0 radical (unpaired) electrons. The molecule has 0 aliphatic heterocycles. The lowest BCUT2D eigenvalue weighted by atomic mass is 10.1. The summed E-state index contributed by atoms with van der Waals surface area (Å²) in [5, 5.41) is 2.80. The molecule has 2 amide bonds. The Hall–Kier alpha value is -4.03. The van der Waals surface area contributed by atoms with Crippen LogP contribution in [-0.4, -0.2) is 45.4 Å². The predicted octanol–water partition coefficient (Wildman–Crippen LogP) is 3.21. The molecular weight excluding hydrogens is 508 g/mol. The van der Waals surface area contributed by atoms with Gasteiger partial charge in [0.05, 0.1) is 22.6 Å². The number of nitrogens with one attached hydrogen (secondary N) is 2. The zero-order valence-electron chi connectivity index (χ0n) is 19.3. The fourth-order valence-electron chi connectivity index (χ4n) is 3.00. The summed E-state index contributed by atoms with van der Waals surface area (Å²) >= 11 is 1.16. The van der Waals surface area contributed by atoms with Gasteiger partial charge in [-0.15, -0.1) is 11.3 Å². The maximum absolute atomic E-state index is 12.5. The number of carbonyl (C=O) groups is 4. The van der Waals surface area contributed by atoms with E-state index in [1.807, 2.05) is 30.3 Å². The van der Waals surface area contributed by atoms with Gasteiger partial charge in [0.15, 0.2) is 6.61 Å². The van der Waals surface area contributed by atoms with Gasteiger partial charge in [0.25, 0.3) is 15.9 Å². The number of hydrogen-bond donors (Lipinski definition) is 2. The molecule has 1 aromatic heterocycles. The van der Waals surface area contributed by atoms with E-state index >= 15 is 0 Å². The lowest BCUT2D eigenvalue weighted by molar-refractivity contribution is -0.119. The zero-order chi connectivity index (χ0) is 26.3. The molecule has 0 unspecified atom stereocenters. The van der Waals surface area contributed by atoms with Gasteiger partial charge in [0, 0.05) is 11.8 Å². The Bertz CT molecular complexity index is 1400. The molecule has 12 heteroatoms. The van der Waals surface area contributed by atoms with Crippen molar-refractivity contribution in [3.63, 3.8) is 0 Å². The lowest BCUT2D eigenvalue weighted by Gasteiger charge is -2.08. The first-order chi connectivity index (χ1) is 17.1. The van der Waals surface area contributed by atoms with Crippen LogP contribution < -0.4 is 10.0 Å². The molecule has 0 saturated carbocycles. The summed E-state index contributed by atoms with van der Waals surface area (Å²) in [6.45, 7) is 2.16. The van der Waals surface area contributed by atoms with E-state index in [2.05, 4.69) is 5.32 Å². The van der Waals surface area contributed by atoms with Gasteiger partial charge in [-0.2, -0.15) is 0 Å². The number of thiophene rings is 1. The Morgan fingerprint density at radius 3 is 2.31 bits per heavy atom. The van der Waals surface area contributed by atoms with Gasteiger partial charge in [-0.1, -0.05) is 36.4 Å². The SMILES string of the molecule is CCOC(=O)c1cc(-c2ccccc2)sc1NC(=O)COC(=O)c1cccc(S(=O)(=O)NC(C)=O)c1. The molecule has 0 aliphatic rings. The van der Waals surface area contributed by atoms with Gasteiger partial charge in [0.1, 0.15) is 5.00 Å². The molecule has 0 aliphatic carbocycles. The Labute approximate surface area is 211 Å². The lowest BCUT2D eigenvalue weighted by Crippen LogP contribution is -2.28. The minimum atomic E-state index is -4.15. The monoisotopic (exact) mass is 530 g/mol. The van der Waals surface area contributed by atoms with E-state index < -0.39 is 40.4 Å². The molecule has 2 aromatic carbocycles. The van der Waals surface area contributed by atoms with Crippen LogP contribution in [0.5, 0.6) is 0 Å². The Morgan fingerprint density at radius 1 is 0.917 bits per heavy atom. The topological polar surface area (TPSA) is 145 Å². The van der Waals surface area contributed by atoms with Gasteiger partial charge < -0.3 is 14.8 Å². The third-order valence-corrected chi connectivity index (χ3v) is 7.06. The number of rotatable bonds is 9. The minimum absolute atomic E-state index is 0.135. The molecule has 36 heavy (non-hydrogen) atoms. The number of benzene rings is 2. The highest BCUT2D eigenvalue weighted by Gasteiger charge is 2.21. The molecule has 1 heterocycles. The zero-order valence-corrected chi connectivity index (χ0v) is 20.9. The molecule has 0 atom stereocenters. The van der Waals surface area contributed by atoms with E-state index in [-0.39, 0.29) is 27.6 Å². The second kappa shape index (κ2) is 11.6. The third kappa shape index (κ3) is 6.77. The highest BCUT2D eigenvalue weighted by molar-refractivity contribution is 7.90. The summed E-state index contributed by atoms with van der Waals surface area (Å²) in [6, 6.07) is 15.7. The Balaban J connectivity index is 1.71. The van der Waals surface area contributed by atoms with Crippen LogP contribution in [0.15, 0.2) is 65.6 Å². The van der Waals surface area contributed by atoms with E-state index in [0.29, 0.717) is 0 Å². The van der Waals surface area contributed by atoms with Crippen molar-refractivity contribution in [2.75, 3.05) is 18.5 Å². The first-order valence-corrected chi connectivity index (χ1v) is 12.9. The van der Waals surface area contributed by atoms with Crippen molar-refractivity contribution in [1.29, 1.82) is 0 Å². The highest BCUT2D eigenvalue weighted by Crippen LogP contribution is 2.36. The molecule has 188 valence electrons. The molecule has 2 N–H and O–H groups in total. The normalized spacial score (nSPS) is 10.8. The van der Waals surface area contributed by atoms with Crippen molar-refractivity contribution >= 4 is 50.1 Å². The second-order valence-electron chi connectivity index (χ2n) is 7.25. The van der Waals surface area contributed by atoms with E-state index in [0.717, 1.165) is 34.8 Å². The molecule has 3 rings (SSSR count). The quantitative estimate of drug-likeness (QED) is 0.401. The van der Waals surface area contributed by atoms with Gasteiger partial charge in [-0.25, -0.2) is 22.7 Å². The number of ether oxygens (including phenoxy) is 2. The van der Waals surface area contributed by atoms with Crippen LogP contribution in [0.4, 0.5) is 5.00 Å². The molecule has 3 aromatic rings. The molecule has 0 fully saturated rings. The third-order valence-electron chi connectivity index (χ3n) is 4.53. The highest BCUT2D eigenvalue weighted by atomic mass is 32.2. The molecule has 0 bridgehead atoms. The average Bonchev–Trinajstić information content (AvgIpc) is 3.26. The summed E-state index contributed by atoms with van der Waals surface area (Å²) in [5.74, 6) is -3.06. The fraction of sp³-hybridized carbons (Fsp3) is 0.167. The fourth-order valence-corrected chi connectivity index (χ4v) is 5.11. The van der Waals surface area contributed by atoms with Crippen molar-refractivity contribution < 1.29 is 37.1 Å². The van der Waals surface area contributed by atoms with Gasteiger partial charge in [-0.05, 0) is 36.8 Å². The van der Waals surface area contributed by atoms with E-state index in [1.165, 1.54) is 18.2 Å². The number of amides is 2. The number of hydrogen-bond acceptors (Lipinski definition) is 9. The summed E-state index contributed by atoms with van der Waals surface area (Å²) in [6.07, 6.45) is 0. The van der Waals surface area contributed by atoms with Crippen molar-refractivity contribution in [2.24, 2.45) is 0 Å². The van der Waals surface area contributed by atoms with Crippen LogP contribution in [0.1, 0.15) is 34.6 Å². The van der Waals surface area contributed by atoms with Crippen LogP contribution in [0, 0.1) is 0 Å². The maximum Gasteiger partial charge on any atom is 0.341 e. The average molecular weight is 531 g/mol. The van der Waals surface area contributed by atoms with Gasteiger partial charge in [0.2, 0.25) is 5.91 Å². The summed E-state index contributed by atoms with van der Waals surface area (Å²) in [4.78, 5) is 48.8. The number of carbonyl (C=O) groups excluding carboxylic acids is 4. The van der Waals surface area contributed by atoms with Crippen LogP contribution in [0.2, 0.25) is 0 Å². The summed E-state index contributed by atoms with van der Waals surface area (Å²) < 4.78 is 36.2. The smallest absolute Gasteiger partial charge is 0.341 e. The van der Waals surface area contributed by atoms with E-state index in [9.17, 15) is 27.6 Å². The van der Waals surface area contributed by atoms with Crippen LogP contribution in [-0.2, 0) is 29.1 Å². The molecule has 0 spiro atoms. The maximum atomic E-state index is 12.5. The number of sulfonamides is 1. The standard InChI is InChI=1S/C24H22N2O8S2/c1-3-33-24(30)19-13-20(16-8-5-4-6-9-16)35-22(19)25-21(28)14-34-23(29)17-10-7-11-18(12-17)36(31,32)26-15(2)27/h4-13H,3,14H2,1-2H3,(H,25,28)(H,26,27). The van der Waals surface area contributed by atoms with Crippen LogP contribution in [0.25, 0.3) is 10.4 Å². The Morgan fingerprint density at radius 2 is 1.64 bits per heavy atom. The largest absolute Gasteiger partial charge is 0.462 e. The van der Waals surface area contributed by atoms with Crippen LogP contribution in [0.3, 0.4) is 0 Å². The first-order valence-electron chi connectivity index (χ1n) is 10.6. The molecule has 0 saturated heterocycles. The second-order valence-corrected chi connectivity index (χ2v) is 9.99. The minimum Gasteiger partial charge on any atom is -0.462 e. The molecule has 10 nitrogen and oxygen atoms in total. The number of esters is 2. The Kier molecular flexibility index (Phi) is 8.56. The number of anilines is 1. The van der Waals surface area contributed by atoms with Gasteiger partial charge in [-0.3, -0.25) is 9.59 Å². The van der Waals surface area contributed by atoms with E-state index in [1.54, 1.807) is 17.7 Å². The summed E-state index contributed by atoms with van der Waals surface area (Å²) in [5.41, 5.74) is 0.870. The summed E-state index contributed by atoms with van der Waals surface area (Å²) in [7, 11) is -4.15. The first kappa shape index (κ1) is 26.6. The van der Waals surface area contributed by atoms with Crippen LogP contribution >= 0.6 is 11.3 Å². The van der Waals surface area contributed by atoms with E-state index in [4.69, 9.17) is 9.47 Å². The predicted molar refractivity (Wildman–Crippen MR) is 132 cm³/mol. The van der Waals surface area contributed by atoms with Crippen molar-refractivity contribution in [1.82, 2.24) is 4.72 Å².